The van der Waals surface area contributed by atoms with Gasteiger partial charge in [0, 0.05) is 17.9 Å². The Bertz CT molecular complexity index is 290. The van der Waals surface area contributed by atoms with E-state index in [2.05, 4.69) is 43.2 Å². The fraction of sp³-hybridized carbons (Fsp3) is 0.643. The van der Waals surface area contributed by atoms with Gasteiger partial charge in [-0.2, -0.15) is 0 Å². The molecule has 1 N–H and O–H groups in total. The molecule has 0 aliphatic rings. The Morgan fingerprint density at radius 1 is 1.25 bits per heavy atom. The minimum Gasteiger partial charge on any atom is -0.310 e. The van der Waals surface area contributed by atoms with Gasteiger partial charge in [0.2, 0.25) is 0 Å². The number of aromatic nitrogens is 1. The maximum atomic E-state index is 4.37. The average Bonchev–Trinajstić information content (AvgIpc) is 2.25. The van der Waals surface area contributed by atoms with E-state index >= 15 is 0 Å². The topological polar surface area (TPSA) is 24.9 Å². The Hall–Kier alpha value is -0.890. The summed E-state index contributed by atoms with van der Waals surface area (Å²) >= 11 is 0. The molecule has 0 spiro atoms. The van der Waals surface area contributed by atoms with E-state index in [0.29, 0.717) is 6.04 Å². The van der Waals surface area contributed by atoms with Crippen molar-refractivity contribution in [3.63, 3.8) is 0 Å². The van der Waals surface area contributed by atoms with Gasteiger partial charge in [-0.05, 0) is 43.9 Å². The molecule has 0 aliphatic carbocycles. The van der Waals surface area contributed by atoms with Crippen molar-refractivity contribution < 1.29 is 0 Å². The van der Waals surface area contributed by atoms with Crippen molar-refractivity contribution in [2.24, 2.45) is 5.92 Å². The Balaban J connectivity index is 2.64. The van der Waals surface area contributed by atoms with Crippen molar-refractivity contribution >= 4 is 0 Å². The van der Waals surface area contributed by atoms with Crippen LogP contribution in [-0.2, 0) is 0 Å². The lowest BCUT2D eigenvalue weighted by molar-refractivity contribution is 0.447. The third kappa shape index (κ3) is 4.31. The third-order valence-electron chi connectivity index (χ3n) is 2.82. The molecule has 2 heteroatoms. The van der Waals surface area contributed by atoms with E-state index in [0.717, 1.165) is 18.2 Å². The van der Waals surface area contributed by atoms with Crippen LogP contribution in [0.3, 0.4) is 0 Å². The van der Waals surface area contributed by atoms with E-state index in [1.807, 2.05) is 13.1 Å². The van der Waals surface area contributed by atoms with Crippen LogP contribution >= 0.6 is 0 Å². The molecule has 1 aromatic heterocycles. The molecule has 16 heavy (non-hydrogen) atoms. The van der Waals surface area contributed by atoms with Gasteiger partial charge in [0.25, 0.3) is 0 Å². The highest BCUT2D eigenvalue weighted by molar-refractivity contribution is 5.17. The van der Waals surface area contributed by atoms with E-state index in [-0.39, 0.29) is 0 Å². The van der Waals surface area contributed by atoms with Crippen LogP contribution < -0.4 is 5.32 Å². The minimum atomic E-state index is 0.459. The van der Waals surface area contributed by atoms with E-state index in [1.165, 1.54) is 18.4 Å². The van der Waals surface area contributed by atoms with Gasteiger partial charge in [-0.25, -0.2) is 0 Å². The van der Waals surface area contributed by atoms with Crippen molar-refractivity contribution in [2.45, 2.75) is 46.6 Å². The first-order valence-electron chi connectivity index (χ1n) is 6.29. The first-order chi connectivity index (χ1) is 7.63. The van der Waals surface area contributed by atoms with E-state index in [9.17, 15) is 0 Å². The minimum absolute atomic E-state index is 0.459. The van der Waals surface area contributed by atoms with E-state index < -0.39 is 0 Å². The van der Waals surface area contributed by atoms with Gasteiger partial charge < -0.3 is 5.32 Å². The maximum absolute atomic E-state index is 4.37. The average molecular weight is 220 g/mol. The second kappa shape index (κ2) is 6.64. The highest BCUT2D eigenvalue weighted by atomic mass is 14.9. The number of hydrogen-bond donors (Lipinski definition) is 1. The maximum Gasteiger partial charge on any atom is 0.0372 e. The van der Waals surface area contributed by atoms with Gasteiger partial charge in [0.15, 0.2) is 0 Å². The fourth-order valence-electron chi connectivity index (χ4n) is 1.82. The van der Waals surface area contributed by atoms with Crippen molar-refractivity contribution in [3.05, 3.63) is 29.6 Å². The predicted molar refractivity (Wildman–Crippen MR) is 69.5 cm³/mol. The molecule has 0 aliphatic heterocycles. The summed E-state index contributed by atoms with van der Waals surface area (Å²) in [6.45, 7) is 9.74. The first-order valence-corrected chi connectivity index (χ1v) is 6.29. The van der Waals surface area contributed by atoms with Gasteiger partial charge in [0.1, 0.15) is 0 Å². The van der Waals surface area contributed by atoms with Gasteiger partial charge in [-0.3, -0.25) is 4.98 Å². The van der Waals surface area contributed by atoms with Crippen LogP contribution in [0.1, 0.15) is 50.9 Å². The van der Waals surface area contributed by atoms with Crippen molar-refractivity contribution in [1.82, 2.24) is 10.3 Å². The molecule has 90 valence electrons. The lowest BCUT2D eigenvalue weighted by atomic mass is 9.98. The number of aryl methyl sites for hydroxylation is 1. The second-order valence-electron chi connectivity index (χ2n) is 4.81. The molecule has 2 nitrogen and oxygen atoms in total. The molecule has 0 amide bonds. The molecule has 1 unspecified atom stereocenters. The summed E-state index contributed by atoms with van der Waals surface area (Å²) in [5.74, 6) is 0.763. The fourth-order valence-corrected chi connectivity index (χ4v) is 1.82. The Morgan fingerprint density at radius 3 is 2.50 bits per heavy atom. The molecule has 1 rings (SSSR count). The van der Waals surface area contributed by atoms with Gasteiger partial charge in [0.05, 0.1) is 0 Å². The zero-order valence-electron chi connectivity index (χ0n) is 11.0. The molecule has 1 atom stereocenters. The molecule has 1 heterocycles. The monoisotopic (exact) mass is 220 g/mol. The van der Waals surface area contributed by atoms with Crippen molar-refractivity contribution in [1.29, 1.82) is 0 Å². The quantitative estimate of drug-likeness (QED) is 0.794. The summed E-state index contributed by atoms with van der Waals surface area (Å²) in [6, 6.07) is 4.74. The summed E-state index contributed by atoms with van der Waals surface area (Å²) in [5.41, 5.74) is 2.40. The second-order valence-corrected chi connectivity index (χ2v) is 4.81. The van der Waals surface area contributed by atoms with Crippen LogP contribution in [0.4, 0.5) is 0 Å². The molecule has 0 radical (unpaired) electrons. The summed E-state index contributed by atoms with van der Waals surface area (Å²) in [6.07, 6.45) is 4.45. The first kappa shape index (κ1) is 13.2. The SMILES string of the molecule is CCNC(CCC(C)C)c1ccc(C)nc1. The number of nitrogens with zero attached hydrogens (tertiary/aromatic N) is 1. The molecule has 0 saturated carbocycles. The Kier molecular flexibility index (Phi) is 5.47. The van der Waals surface area contributed by atoms with Gasteiger partial charge in [-0.1, -0.05) is 26.8 Å². The zero-order valence-corrected chi connectivity index (χ0v) is 11.0. The van der Waals surface area contributed by atoms with Gasteiger partial charge >= 0.3 is 0 Å². The summed E-state index contributed by atoms with van der Waals surface area (Å²) in [4.78, 5) is 4.37. The highest BCUT2D eigenvalue weighted by Crippen LogP contribution is 2.20. The smallest absolute Gasteiger partial charge is 0.0372 e. The highest BCUT2D eigenvalue weighted by Gasteiger charge is 2.10. The van der Waals surface area contributed by atoms with Crippen molar-refractivity contribution in [3.8, 4) is 0 Å². The van der Waals surface area contributed by atoms with Crippen LogP contribution in [0.15, 0.2) is 18.3 Å². The lowest BCUT2D eigenvalue weighted by Crippen LogP contribution is -2.21. The lowest BCUT2D eigenvalue weighted by Gasteiger charge is -2.19. The number of pyridine rings is 1. The number of rotatable bonds is 6. The number of nitrogens with one attached hydrogen (secondary N) is 1. The third-order valence-corrected chi connectivity index (χ3v) is 2.82. The van der Waals surface area contributed by atoms with E-state index in [1.54, 1.807) is 0 Å². The Morgan fingerprint density at radius 2 is 2.00 bits per heavy atom. The largest absolute Gasteiger partial charge is 0.310 e. The van der Waals surface area contributed by atoms with Gasteiger partial charge in [-0.15, -0.1) is 0 Å². The molecular formula is C14H24N2. The molecule has 0 fully saturated rings. The molecule has 0 aromatic carbocycles. The molecular weight excluding hydrogens is 196 g/mol. The summed E-state index contributed by atoms with van der Waals surface area (Å²) < 4.78 is 0. The van der Waals surface area contributed by atoms with Crippen LogP contribution in [0, 0.1) is 12.8 Å². The summed E-state index contributed by atoms with van der Waals surface area (Å²) in [5, 5.41) is 3.53. The normalized spacial score (nSPS) is 13.1. The number of hydrogen-bond acceptors (Lipinski definition) is 2. The Labute approximate surface area is 99.5 Å². The standard InChI is InChI=1S/C14H24N2/c1-5-15-14(9-6-11(2)3)13-8-7-12(4)16-10-13/h7-8,10-11,14-15H,5-6,9H2,1-4H3. The predicted octanol–water partition coefficient (Wildman–Crippen LogP) is 3.48. The molecule has 1 aromatic rings. The van der Waals surface area contributed by atoms with E-state index in [4.69, 9.17) is 0 Å². The van der Waals surface area contributed by atoms with Crippen LogP contribution in [0.5, 0.6) is 0 Å². The molecule has 0 saturated heterocycles. The zero-order chi connectivity index (χ0) is 12.0. The van der Waals surface area contributed by atoms with Crippen LogP contribution in [0.25, 0.3) is 0 Å². The molecule has 0 bridgehead atoms. The van der Waals surface area contributed by atoms with Crippen LogP contribution in [-0.4, -0.2) is 11.5 Å². The van der Waals surface area contributed by atoms with Crippen LogP contribution in [0.2, 0.25) is 0 Å². The summed E-state index contributed by atoms with van der Waals surface area (Å²) in [7, 11) is 0. The van der Waals surface area contributed by atoms with Crippen molar-refractivity contribution in [2.75, 3.05) is 6.54 Å².